The first-order valence-electron chi connectivity index (χ1n) is 6.41. The fraction of sp³-hybridized carbons (Fsp3) is 0.400. The van der Waals surface area contributed by atoms with Crippen molar-refractivity contribution in [3.63, 3.8) is 0 Å². The number of fused-ring (bicyclic) bond motifs is 1. The topological polar surface area (TPSA) is 24.9 Å². The molecule has 0 radical (unpaired) electrons. The molecule has 0 aliphatic heterocycles. The average Bonchev–Trinajstić information content (AvgIpc) is 2.36. The van der Waals surface area contributed by atoms with E-state index in [0.29, 0.717) is 6.04 Å². The normalized spacial score (nSPS) is 12.6. The molecule has 1 unspecified atom stereocenters. The summed E-state index contributed by atoms with van der Waals surface area (Å²) in [5.74, 6) is 2.30. The van der Waals surface area contributed by atoms with Crippen LogP contribution in [0.1, 0.15) is 19.5 Å². The summed E-state index contributed by atoms with van der Waals surface area (Å²) in [5, 5.41) is 4.80. The molecule has 2 rings (SSSR count). The number of hydrogen-bond donors (Lipinski definition) is 1. The van der Waals surface area contributed by atoms with Crippen LogP contribution < -0.4 is 5.32 Å². The largest absolute Gasteiger partial charge is 0.381 e. The van der Waals surface area contributed by atoms with Gasteiger partial charge in [-0.1, -0.05) is 25.1 Å². The number of rotatable bonds is 5. The third-order valence-electron chi connectivity index (χ3n) is 2.82. The van der Waals surface area contributed by atoms with Gasteiger partial charge in [-0.05, 0) is 31.7 Å². The second-order valence-electron chi connectivity index (χ2n) is 4.53. The van der Waals surface area contributed by atoms with E-state index in [-0.39, 0.29) is 0 Å². The first-order chi connectivity index (χ1) is 8.70. The lowest BCUT2D eigenvalue weighted by Gasteiger charge is -2.16. The maximum atomic E-state index is 4.56. The number of para-hydroxylation sites is 1. The lowest BCUT2D eigenvalue weighted by molar-refractivity contribution is 0.914. The molecule has 0 fully saturated rings. The summed E-state index contributed by atoms with van der Waals surface area (Å²) in [6.45, 7) is 6.47. The summed E-state index contributed by atoms with van der Waals surface area (Å²) in [6, 6.07) is 10.9. The number of nitrogens with zero attached hydrogens (tertiary/aromatic N) is 1. The van der Waals surface area contributed by atoms with Crippen molar-refractivity contribution < 1.29 is 0 Å². The number of aryl methyl sites for hydroxylation is 1. The van der Waals surface area contributed by atoms with Crippen molar-refractivity contribution in [1.82, 2.24) is 4.98 Å². The van der Waals surface area contributed by atoms with E-state index in [2.05, 4.69) is 48.4 Å². The zero-order valence-electron chi connectivity index (χ0n) is 11.2. The van der Waals surface area contributed by atoms with Crippen molar-refractivity contribution in [2.75, 3.05) is 16.8 Å². The molecule has 0 aliphatic carbocycles. The Labute approximate surface area is 113 Å². The molecule has 2 nitrogen and oxygen atoms in total. The molecule has 1 atom stereocenters. The van der Waals surface area contributed by atoms with Gasteiger partial charge >= 0.3 is 0 Å². The molecule has 1 aromatic carbocycles. The molecule has 0 aliphatic rings. The highest BCUT2D eigenvalue weighted by molar-refractivity contribution is 7.99. The molecule has 18 heavy (non-hydrogen) atoms. The fourth-order valence-corrected chi connectivity index (χ4v) is 2.70. The maximum Gasteiger partial charge on any atom is 0.0725 e. The standard InChI is InChI=1S/C15H20N2S/c1-4-18-10-12(3)17-15-9-11(2)16-14-8-6-5-7-13(14)15/h5-9,12H,4,10H2,1-3H3,(H,16,17). The summed E-state index contributed by atoms with van der Waals surface area (Å²) in [6.07, 6.45) is 0. The lowest BCUT2D eigenvalue weighted by atomic mass is 10.1. The van der Waals surface area contributed by atoms with Gasteiger partial charge in [0.1, 0.15) is 0 Å². The lowest BCUT2D eigenvalue weighted by Crippen LogP contribution is -2.18. The highest BCUT2D eigenvalue weighted by atomic mass is 32.2. The van der Waals surface area contributed by atoms with Gasteiger partial charge in [-0.15, -0.1) is 0 Å². The Kier molecular flexibility index (Phi) is 4.48. The van der Waals surface area contributed by atoms with Crippen LogP contribution in [0.15, 0.2) is 30.3 Å². The number of hydrogen-bond acceptors (Lipinski definition) is 3. The predicted molar refractivity (Wildman–Crippen MR) is 82.6 cm³/mol. The molecule has 0 bridgehead atoms. The summed E-state index contributed by atoms with van der Waals surface area (Å²) >= 11 is 1.97. The van der Waals surface area contributed by atoms with Crippen molar-refractivity contribution >= 4 is 28.4 Å². The Morgan fingerprint density at radius 1 is 1.33 bits per heavy atom. The van der Waals surface area contributed by atoms with Crippen molar-refractivity contribution in [3.8, 4) is 0 Å². The van der Waals surface area contributed by atoms with Crippen molar-refractivity contribution in [2.24, 2.45) is 0 Å². The zero-order valence-corrected chi connectivity index (χ0v) is 12.1. The van der Waals surface area contributed by atoms with Gasteiger partial charge in [0.15, 0.2) is 0 Å². The highest BCUT2D eigenvalue weighted by Crippen LogP contribution is 2.23. The van der Waals surface area contributed by atoms with E-state index in [4.69, 9.17) is 0 Å². The molecule has 0 saturated heterocycles. The number of anilines is 1. The minimum atomic E-state index is 0.472. The molecule has 0 spiro atoms. The molecule has 1 N–H and O–H groups in total. The Balaban J connectivity index is 2.26. The first kappa shape index (κ1) is 13.2. The number of nitrogens with one attached hydrogen (secondary N) is 1. The molecule has 3 heteroatoms. The van der Waals surface area contributed by atoms with Crippen LogP contribution in [0, 0.1) is 6.92 Å². The summed E-state index contributed by atoms with van der Waals surface area (Å²) in [7, 11) is 0. The van der Waals surface area contributed by atoms with Crippen LogP contribution >= 0.6 is 11.8 Å². The predicted octanol–water partition coefficient (Wildman–Crippen LogP) is 4.10. The minimum Gasteiger partial charge on any atom is -0.381 e. The van der Waals surface area contributed by atoms with E-state index in [0.717, 1.165) is 17.0 Å². The van der Waals surface area contributed by atoms with Crippen LogP contribution in [-0.2, 0) is 0 Å². The van der Waals surface area contributed by atoms with Crippen molar-refractivity contribution in [3.05, 3.63) is 36.0 Å². The third kappa shape index (κ3) is 3.16. The number of thioether (sulfide) groups is 1. The van der Waals surface area contributed by atoms with Gasteiger partial charge in [0, 0.05) is 28.6 Å². The minimum absolute atomic E-state index is 0.472. The molecule has 96 valence electrons. The third-order valence-corrected chi connectivity index (χ3v) is 3.96. The fourth-order valence-electron chi connectivity index (χ4n) is 2.03. The zero-order chi connectivity index (χ0) is 13.0. The van der Waals surface area contributed by atoms with Crippen LogP contribution in [0.3, 0.4) is 0 Å². The molecule has 0 saturated carbocycles. The molecule has 0 amide bonds. The summed E-state index contributed by atoms with van der Waals surface area (Å²) in [5.41, 5.74) is 3.32. The molecule has 1 aromatic heterocycles. The Bertz CT molecular complexity index is 525. The van der Waals surface area contributed by atoms with Gasteiger partial charge in [0.25, 0.3) is 0 Å². The smallest absolute Gasteiger partial charge is 0.0725 e. The van der Waals surface area contributed by atoms with Crippen LogP contribution in [0.4, 0.5) is 5.69 Å². The molecule has 2 aromatic rings. The Morgan fingerprint density at radius 2 is 2.11 bits per heavy atom. The van der Waals surface area contributed by atoms with Crippen molar-refractivity contribution in [1.29, 1.82) is 0 Å². The van der Waals surface area contributed by atoms with Crippen LogP contribution in [0.25, 0.3) is 10.9 Å². The maximum absolute atomic E-state index is 4.56. The van der Waals surface area contributed by atoms with Gasteiger partial charge in [0.05, 0.1) is 5.52 Å². The van der Waals surface area contributed by atoms with Crippen LogP contribution in [0.5, 0.6) is 0 Å². The van der Waals surface area contributed by atoms with Gasteiger partial charge in [-0.3, -0.25) is 4.98 Å². The van der Waals surface area contributed by atoms with E-state index in [9.17, 15) is 0 Å². The van der Waals surface area contributed by atoms with Crippen molar-refractivity contribution in [2.45, 2.75) is 26.8 Å². The van der Waals surface area contributed by atoms with Crippen LogP contribution in [-0.4, -0.2) is 22.5 Å². The SMILES string of the molecule is CCSCC(C)Nc1cc(C)nc2ccccc12. The Hall–Kier alpha value is -1.22. The second kappa shape index (κ2) is 6.10. The van der Waals surface area contributed by atoms with E-state index in [1.54, 1.807) is 0 Å². The average molecular weight is 260 g/mol. The van der Waals surface area contributed by atoms with Gasteiger partial charge in [0.2, 0.25) is 0 Å². The van der Waals surface area contributed by atoms with E-state index < -0.39 is 0 Å². The van der Waals surface area contributed by atoms with Gasteiger partial charge < -0.3 is 5.32 Å². The number of aromatic nitrogens is 1. The first-order valence-corrected chi connectivity index (χ1v) is 7.57. The number of benzene rings is 1. The van der Waals surface area contributed by atoms with E-state index >= 15 is 0 Å². The van der Waals surface area contributed by atoms with E-state index in [1.165, 1.54) is 16.8 Å². The van der Waals surface area contributed by atoms with Gasteiger partial charge in [-0.25, -0.2) is 0 Å². The second-order valence-corrected chi connectivity index (χ2v) is 5.85. The van der Waals surface area contributed by atoms with Crippen LogP contribution in [0.2, 0.25) is 0 Å². The summed E-state index contributed by atoms with van der Waals surface area (Å²) < 4.78 is 0. The highest BCUT2D eigenvalue weighted by Gasteiger charge is 2.06. The Morgan fingerprint density at radius 3 is 2.89 bits per heavy atom. The molecule has 1 heterocycles. The van der Waals surface area contributed by atoms with E-state index in [1.807, 2.05) is 24.8 Å². The summed E-state index contributed by atoms with van der Waals surface area (Å²) in [4.78, 5) is 4.56. The van der Waals surface area contributed by atoms with Gasteiger partial charge in [-0.2, -0.15) is 11.8 Å². The monoisotopic (exact) mass is 260 g/mol. The molecular formula is C15H20N2S. The number of pyridine rings is 1. The molecular weight excluding hydrogens is 240 g/mol. The quantitative estimate of drug-likeness (QED) is 0.876.